The first-order valence-electron chi connectivity index (χ1n) is 36.1. The van der Waals surface area contributed by atoms with E-state index in [0.29, 0.717) is 112 Å². The molecule has 0 radical (unpaired) electrons. The van der Waals surface area contributed by atoms with E-state index < -0.39 is 78.6 Å². The van der Waals surface area contributed by atoms with E-state index in [1.807, 2.05) is 90.1 Å². The summed E-state index contributed by atoms with van der Waals surface area (Å²) in [5.41, 5.74) is 4.41. The molecule has 2 aromatic carbocycles. The van der Waals surface area contributed by atoms with Crippen LogP contribution < -0.4 is 42.5 Å². The summed E-state index contributed by atoms with van der Waals surface area (Å²) in [6.45, 7) is 16.1. The molecule has 0 unspecified atom stereocenters. The number of hydrogen-bond donors (Lipinski definition) is 8. The van der Waals surface area contributed by atoms with Crippen LogP contribution in [0, 0.1) is 23.7 Å². The smallest absolute Gasteiger partial charge is 0.407 e. The van der Waals surface area contributed by atoms with Crippen molar-refractivity contribution in [2.45, 2.75) is 155 Å². The number of aromatic nitrogens is 5. The Hall–Kier alpha value is -11.7. The van der Waals surface area contributed by atoms with Crippen LogP contribution in [0.5, 0.6) is 0 Å². The van der Waals surface area contributed by atoms with Gasteiger partial charge in [-0.25, -0.2) is 44.1 Å². The zero-order valence-corrected chi connectivity index (χ0v) is 62.6. The highest BCUT2D eigenvalue weighted by atomic mass is 16.6. The molecule has 10 rings (SSSR count). The van der Waals surface area contributed by atoms with E-state index in [4.69, 9.17) is 0 Å². The van der Waals surface area contributed by atoms with Crippen molar-refractivity contribution in [2.24, 2.45) is 23.7 Å². The number of rotatable bonds is 22. The second-order valence-electron chi connectivity index (χ2n) is 28.1. The monoisotopic (exact) mass is 1490 g/mol. The Morgan fingerprint density at radius 1 is 0.352 bits per heavy atom. The van der Waals surface area contributed by atoms with Crippen LogP contribution in [0.1, 0.15) is 107 Å². The maximum atomic E-state index is 13.4. The predicted octanol–water partition coefficient (Wildman–Crippen LogP) is 7.23. The quantitative estimate of drug-likeness (QED) is 0.0311. The zero-order valence-electron chi connectivity index (χ0n) is 62.6. The van der Waals surface area contributed by atoms with Crippen LogP contribution in [0.25, 0.3) is 44.1 Å². The Balaban J connectivity index is 0.000000249. The third-order valence-electron chi connectivity index (χ3n) is 19.4. The molecule has 4 aliphatic heterocycles. The molecule has 8 N–H and O–H groups in total. The van der Waals surface area contributed by atoms with Gasteiger partial charge in [-0.15, -0.1) is 0 Å². The first-order chi connectivity index (χ1) is 51.6. The van der Waals surface area contributed by atoms with Crippen molar-refractivity contribution in [1.82, 2.24) is 65.8 Å². The van der Waals surface area contributed by atoms with Crippen LogP contribution in [-0.2, 0) is 57.3 Å². The van der Waals surface area contributed by atoms with Crippen LogP contribution in [-0.4, -0.2) is 219 Å². The van der Waals surface area contributed by atoms with E-state index in [1.165, 1.54) is 48.0 Å². The SMILES string of the molecule is COC(=O)N[C@H](C(=O)N1CCC[C@H]1C(=O)Nc1ccc(-c2ccc3nc(NC(=O)[C@@H]4CCCN4C(=O)[C@@H](NC(=O)OC)C(C)C)ccc3c2)cn1)C(C)C.COC(=O)N[C@H](C(=O)N1CCC[C@H]1C(=O)Nc1ccc2cc(-c3cnc(NC(=O)[C@@H]4CCCN4C(=O)[C@@H](NC(=O)OC)C(C)C)nc3)ccc2n1)C(C)C. The van der Waals surface area contributed by atoms with Gasteiger partial charge in [-0.05, 0) is 147 Å². The normalized spacial score (nSPS) is 17.9. The van der Waals surface area contributed by atoms with Crippen LogP contribution in [0.15, 0.2) is 91.4 Å². The van der Waals surface area contributed by atoms with Gasteiger partial charge in [0.05, 0.1) is 39.5 Å². The third kappa shape index (κ3) is 19.7. The van der Waals surface area contributed by atoms with Crippen molar-refractivity contribution >= 4 is 117 Å². The summed E-state index contributed by atoms with van der Waals surface area (Å²) < 4.78 is 18.7. The summed E-state index contributed by atoms with van der Waals surface area (Å²) in [6, 6.07) is 15.6. The predicted molar refractivity (Wildman–Crippen MR) is 398 cm³/mol. The van der Waals surface area contributed by atoms with Crippen LogP contribution in [0.4, 0.5) is 42.6 Å². The maximum Gasteiger partial charge on any atom is 0.407 e. The van der Waals surface area contributed by atoms with Gasteiger partial charge in [0.1, 0.15) is 65.8 Å². The fraction of sp³-hybridized carbons (Fsp3) is 0.480. The lowest BCUT2D eigenvalue weighted by Gasteiger charge is -2.30. The number of methoxy groups -OCH3 is 4. The van der Waals surface area contributed by atoms with Crippen LogP contribution in [0.3, 0.4) is 0 Å². The third-order valence-corrected chi connectivity index (χ3v) is 19.4. The fourth-order valence-electron chi connectivity index (χ4n) is 13.5. The number of hydrogen-bond acceptors (Lipinski definition) is 21. The number of amides is 12. The summed E-state index contributed by atoms with van der Waals surface area (Å²) >= 11 is 0. The van der Waals surface area contributed by atoms with E-state index in [2.05, 4.69) is 86.4 Å². The number of carbonyl (C=O) groups excluding carboxylic acids is 12. The number of carbonyl (C=O) groups is 12. The summed E-state index contributed by atoms with van der Waals surface area (Å²) in [6.07, 6.45) is 6.46. The highest BCUT2D eigenvalue weighted by molar-refractivity contribution is 6.02. The standard InChI is InChI=1S/C38H48N8O8.C37H47N9O8/c1-21(2)31(43-37(51)53-5)35(49)45-17-7-9-27(45)33(47)41-29-15-13-25(20-39-29)23-11-14-26-24(19-23)12-16-30(40-26)42-34(48)28-10-8-18-46(28)36(50)32(22(3)4)44-38(52)54-6;1-20(2)29(42-36(51)53-5)33(49)45-15-7-9-26(45)31(47)41-28-14-12-23-17-22(11-13-25(23)40-28)24-18-38-35(39-19-24)44-32(48)27-10-8-16-46(27)34(50)30(21(3)4)43-37(52)54-6/h11-16,19-22,27-28,31-32H,7-10,17-18H2,1-6H3,(H,43,51)(H,44,52)(H,39,41,47)(H,40,42,48);11-14,17-21,26-27,29-30H,7-10,15-16H2,1-6H3,(H,42,51)(H,43,52)(H,40,41,47)(H,38,39,44,48)/t27-,28-,31-,32-;26-,27-,29-,30-/m00/s1. The van der Waals surface area contributed by atoms with Gasteiger partial charge in [-0.2, -0.15) is 0 Å². The molecule has 4 saturated heterocycles. The number of alkyl carbamates (subject to hydrolysis) is 4. The Morgan fingerprint density at radius 2 is 0.639 bits per heavy atom. The maximum absolute atomic E-state index is 13.4. The van der Waals surface area contributed by atoms with Gasteiger partial charge in [-0.1, -0.05) is 67.5 Å². The summed E-state index contributed by atoms with van der Waals surface area (Å²) in [5.74, 6) is -2.64. The molecule has 0 saturated carbocycles. The summed E-state index contributed by atoms with van der Waals surface area (Å²) in [4.78, 5) is 182. The number of ether oxygens (including phenoxy) is 4. The molecule has 12 amide bonds. The molecule has 0 bridgehead atoms. The van der Waals surface area contributed by atoms with Crippen molar-refractivity contribution in [3.05, 3.63) is 91.4 Å². The number of likely N-dealkylation sites (tertiary alicyclic amines) is 4. The van der Waals surface area contributed by atoms with Crippen molar-refractivity contribution < 1.29 is 76.5 Å². The lowest BCUT2D eigenvalue weighted by atomic mass is 10.0. The molecule has 8 heterocycles. The van der Waals surface area contributed by atoms with Crippen molar-refractivity contribution in [1.29, 1.82) is 0 Å². The Labute approximate surface area is 624 Å². The number of pyridine rings is 3. The Kier molecular flexibility index (Phi) is 27.2. The van der Waals surface area contributed by atoms with Crippen molar-refractivity contribution in [3.63, 3.8) is 0 Å². The van der Waals surface area contributed by atoms with E-state index in [0.717, 1.165) is 27.5 Å². The number of anilines is 4. The lowest BCUT2D eigenvalue weighted by Crippen LogP contribution is -2.54. The number of nitrogens with zero attached hydrogens (tertiary/aromatic N) is 9. The van der Waals surface area contributed by atoms with Crippen molar-refractivity contribution in [2.75, 3.05) is 75.9 Å². The fourth-order valence-corrected chi connectivity index (χ4v) is 13.5. The molecule has 0 aliphatic carbocycles. The molecule has 4 aliphatic rings. The van der Waals surface area contributed by atoms with Gasteiger partial charge in [0.2, 0.25) is 53.2 Å². The van der Waals surface area contributed by atoms with E-state index in [9.17, 15) is 57.5 Å². The molecule has 576 valence electrons. The largest absolute Gasteiger partial charge is 0.453 e. The second kappa shape index (κ2) is 36.6. The molecule has 8 atom stereocenters. The average Bonchev–Trinajstić information content (AvgIpc) is 1.17. The van der Waals surface area contributed by atoms with Gasteiger partial charge in [-0.3, -0.25) is 43.7 Å². The highest BCUT2D eigenvalue weighted by Gasteiger charge is 2.43. The molecule has 4 fully saturated rings. The van der Waals surface area contributed by atoms with E-state index in [1.54, 1.807) is 56.7 Å². The van der Waals surface area contributed by atoms with Crippen LogP contribution in [0.2, 0.25) is 0 Å². The Morgan fingerprint density at radius 3 is 0.944 bits per heavy atom. The highest BCUT2D eigenvalue weighted by Crippen LogP contribution is 2.31. The molecule has 108 heavy (non-hydrogen) atoms. The van der Waals surface area contributed by atoms with E-state index >= 15 is 0 Å². The van der Waals surface area contributed by atoms with Crippen LogP contribution >= 0.6 is 0 Å². The number of fused-ring (bicyclic) bond motifs is 2. The van der Waals surface area contributed by atoms with Gasteiger partial charge >= 0.3 is 24.4 Å². The molecular formula is C75H95N17O16. The van der Waals surface area contributed by atoms with Gasteiger partial charge in [0.15, 0.2) is 0 Å². The van der Waals surface area contributed by atoms with Crippen molar-refractivity contribution in [3.8, 4) is 22.3 Å². The number of benzene rings is 2. The van der Waals surface area contributed by atoms with Gasteiger partial charge < -0.3 is 75.8 Å². The summed E-state index contributed by atoms with van der Waals surface area (Å²) in [7, 11) is 4.91. The molecule has 33 heteroatoms. The first-order valence-corrected chi connectivity index (χ1v) is 36.1. The molecule has 33 nitrogen and oxygen atoms in total. The van der Waals surface area contributed by atoms with Gasteiger partial charge in [0.25, 0.3) is 0 Å². The zero-order chi connectivity index (χ0) is 78.2. The average molecular weight is 1490 g/mol. The Bertz CT molecular complexity index is 4040. The molecule has 6 aromatic rings. The second-order valence-corrected chi connectivity index (χ2v) is 28.1. The number of nitrogens with one attached hydrogen (secondary N) is 8. The molecular weight excluding hydrogens is 1390 g/mol. The summed E-state index contributed by atoms with van der Waals surface area (Å²) in [5, 5.41) is 23.2. The van der Waals surface area contributed by atoms with E-state index in [-0.39, 0.29) is 71.0 Å². The minimum absolute atomic E-state index is 0.0842. The topological polar surface area (TPSA) is 415 Å². The molecule has 0 spiro atoms. The lowest BCUT2D eigenvalue weighted by molar-refractivity contribution is -0.139. The molecule has 4 aromatic heterocycles. The first kappa shape index (κ1) is 80.4. The minimum Gasteiger partial charge on any atom is -0.453 e. The van der Waals surface area contributed by atoms with Gasteiger partial charge in [0, 0.05) is 66.7 Å². The minimum atomic E-state index is -0.842.